The number of aryl methyl sites for hydroxylation is 1. The summed E-state index contributed by atoms with van der Waals surface area (Å²) in [7, 11) is 0. The highest BCUT2D eigenvalue weighted by Gasteiger charge is 2.13. The second kappa shape index (κ2) is 7.81. The number of hydrogen-bond acceptors (Lipinski definition) is 4. The van der Waals surface area contributed by atoms with Gasteiger partial charge in [-0.25, -0.2) is 0 Å². The lowest BCUT2D eigenvalue weighted by atomic mass is 10.2. The Morgan fingerprint density at radius 3 is 2.46 bits per heavy atom. The molecule has 1 aromatic heterocycles. The van der Waals surface area contributed by atoms with E-state index in [1.165, 1.54) is 11.9 Å². The Kier molecular flexibility index (Phi) is 5.30. The number of aromatic nitrogens is 2. The average Bonchev–Trinajstić information content (AvgIpc) is 2.97. The van der Waals surface area contributed by atoms with Gasteiger partial charge in [0.15, 0.2) is 0 Å². The molecule has 0 saturated heterocycles. The number of hydrogen-bond donors (Lipinski definition) is 2. The molecule has 0 fully saturated rings. The molecule has 122 valence electrons. The fraction of sp³-hybridized carbons (Fsp3) is 0.111. The third-order valence-corrected chi connectivity index (χ3v) is 4.17. The molecule has 0 aliphatic rings. The average molecular weight is 338 g/mol. The number of benzene rings is 2. The van der Waals surface area contributed by atoms with E-state index >= 15 is 0 Å². The molecule has 1 heterocycles. The van der Waals surface area contributed by atoms with Gasteiger partial charge in [-0.3, -0.25) is 14.9 Å². The van der Waals surface area contributed by atoms with Crippen molar-refractivity contribution in [2.24, 2.45) is 0 Å². The number of rotatable bonds is 6. The Hall–Kier alpha value is -2.57. The molecule has 3 aromatic rings. The molecule has 2 N–H and O–H groups in total. The molecule has 5 nitrogen and oxygen atoms in total. The van der Waals surface area contributed by atoms with Crippen molar-refractivity contribution in [3.8, 4) is 0 Å². The molecule has 3 rings (SSSR count). The van der Waals surface area contributed by atoms with Crippen LogP contribution in [-0.4, -0.2) is 15.7 Å². The molecule has 6 heteroatoms. The van der Waals surface area contributed by atoms with E-state index in [4.69, 9.17) is 0 Å². The van der Waals surface area contributed by atoms with Crippen molar-refractivity contribution in [3.63, 3.8) is 0 Å². The van der Waals surface area contributed by atoms with Crippen molar-refractivity contribution in [1.29, 1.82) is 0 Å². The minimum Gasteiger partial charge on any atom is -0.277 e. The predicted molar refractivity (Wildman–Crippen MR) is 95.4 cm³/mol. The number of nitrogens with zero attached hydrogens (tertiary/aromatic N) is 2. The van der Waals surface area contributed by atoms with Gasteiger partial charge >= 0.3 is 0 Å². The highest BCUT2D eigenvalue weighted by molar-refractivity contribution is 7.97. The summed E-state index contributed by atoms with van der Waals surface area (Å²) in [6.45, 7) is 2.47. The summed E-state index contributed by atoms with van der Waals surface area (Å²) in [6, 6.07) is 19.8. The first-order valence-corrected chi connectivity index (χ1v) is 8.39. The van der Waals surface area contributed by atoms with Gasteiger partial charge in [-0.05, 0) is 36.6 Å². The maximum atomic E-state index is 12.3. The highest BCUT2D eigenvalue weighted by Crippen LogP contribution is 2.12. The highest BCUT2D eigenvalue weighted by atomic mass is 32.2. The normalized spacial score (nSPS) is 10.5. The Morgan fingerprint density at radius 1 is 1.08 bits per heavy atom. The summed E-state index contributed by atoms with van der Waals surface area (Å²) in [5, 5.41) is 4.41. The van der Waals surface area contributed by atoms with Crippen molar-refractivity contribution in [3.05, 3.63) is 83.7 Å². The monoisotopic (exact) mass is 338 g/mol. The van der Waals surface area contributed by atoms with Gasteiger partial charge < -0.3 is 0 Å². The number of nitrogens with one attached hydrogen (secondary N) is 2. The zero-order valence-electron chi connectivity index (χ0n) is 13.3. The van der Waals surface area contributed by atoms with E-state index in [1.54, 1.807) is 10.9 Å². The topological polar surface area (TPSA) is 59.0 Å². The molecule has 0 spiro atoms. The number of hydrazine groups is 1. The molecular formula is C18H18N4OS. The lowest BCUT2D eigenvalue weighted by molar-refractivity contribution is 0.0946. The number of carbonyl (C=O) groups is 1. The van der Waals surface area contributed by atoms with Crippen LogP contribution in [0.4, 0.5) is 0 Å². The SMILES string of the molecule is Cc1nn(Cc2ccccc2)cc1C(=O)NNSc1ccccc1. The second-order valence-electron chi connectivity index (χ2n) is 5.28. The molecule has 0 aliphatic heterocycles. The lowest BCUT2D eigenvalue weighted by Crippen LogP contribution is -2.32. The van der Waals surface area contributed by atoms with E-state index in [0.717, 1.165) is 10.5 Å². The van der Waals surface area contributed by atoms with E-state index < -0.39 is 0 Å². The van der Waals surface area contributed by atoms with Crippen molar-refractivity contribution in [1.82, 2.24) is 20.0 Å². The standard InChI is InChI=1S/C18H18N4OS/c1-14-17(13-22(20-14)12-15-8-4-2-5-9-15)18(23)19-21-24-16-10-6-3-7-11-16/h2-11,13,21H,12H2,1H3,(H,19,23). The van der Waals surface area contributed by atoms with Crippen LogP contribution in [0.15, 0.2) is 71.8 Å². The van der Waals surface area contributed by atoms with Crippen molar-refractivity contribution >= 4 is 17.9 Å². The van der Waals surface area contributed by atoms with Gasteiger partial charge in [0, 0.05) is 11.1 Å². The summed E-state index contributed by atoms with van der Waals surface area (Å²) >= 11 is 1.35. The van der Waals surface area contributed by atoms with Crippen LogP contribution < -0.4 is 10.3 Å². The van der Waals surface area contributed by atoms with Gasteiger partial charge in [0.25, 0.3) is 5.91 Å². The van der Waals surface area contributed by atoms with Crippen LogP contribution in [0.2, 0.25) is 0 Å². The van der Waals surface area contributed by atoms with Crippen LogP contribution in [0.1, 0.15) is 21.6 Å². The molecular weight excluding hydrogens is 320 g/mol. The largest absolute Gasteiger partial charge is 0.277 e. The molecule has 0 saturated carbocycles. The van der Waals surface area contributed by atoms with Crippen LogP contribution >= 0.6 is 11.9 Å². The van der Waals surface area contributed by atoms with E-state index in [-0.39, 0.29) is 5.91 Å². The summed E-state index contributed by atoms with van der Waals surface area (Å²) in [5.41, 5.74) is 5.10. The summed E-state index contributed by atoms with van der Waals surface area (Å²) in [4.78, 5) is 16.2. The Balaban J connectivity index is 1.59. The van der Waals surface area contributed by atoms with E-state index in [2.05, 4.69) is 15.4 Å². The zero-order chi connectivity index (χ0) is 16.8. The van der Waals surface area contributed by atoms with Gasteiger partial charge in [-0.15, -0.1) is 0 Å². The second-order valence-corrected chi connectivity index (χ2v) is 6.16. The Bertz CT molecular complexity index is 802. The van der Waals surface area contributed by atoms with E-state index in [1.807, 2.05) is 67.6 Å². The van der Waals surface area contributed by atoms with Gasteiger partial charge in [0.05, 0.1) is 17.8 Å². The van der Waals surface area contributed by atoms with Crippen LogP contribution in [0, 0.1) is 6.92 Å². The maximum Gasteiger partial charge on any atom is 0.269 e. The zero-order valence-corrected chi connectivity index (χ0v) is 14.1. The maximum absolute atomic E-state index is 12.3. The van der Waals surface area contributed by atoms with Crippen molar-refractivity contribution in [2.75, 3.05) is 0 Å². The summed E-state index contributed by atoms with van der Waals surface area (Å²) in [5.74, 6) is -0.199. The summed E-state index contributed by atoms with van der Waals surface area (Å²) < 4.78 is 1.78. The first kappa shape index (κ1) is 16.3. The van der Waals surface area contributed by atoms with Gasteiger partial charge in [0.1, 0.15) is 0 Å². The first-order valence-electron chi connectivity index (χ1n) is 7.57. The predicted octanol–water partition coefficient (Wildman–Crippen LogP) is 3.18. The molecule has 0 aliphatic carbocycles. The summed E-state index contributed by atoms with van der Waals surface area (Å²) in [6.07, 6.45) is 1.77. The fourth-order valence-electron chi connectivity index (χ4n) is 2.28. The smallest absolute Gasteiger partial charge is 0.269 e. The number of carbonyl (C=O) groups excluding carboxylic acids is 1. The third kappa shape index (κ3) is 4.24. The van der Waals surface area contributed by atoms with Gasteiger partial charge in [-0.2, -0.15) is 9.93 Å². The Morgan fingerprint density at radius 2 is 1.75 bits per heavy atom. The molecule has 1 amide bonds. The Labute approximate surface area is 145 Å². The number of amides is 1. The van der Waals surface area contributed by atoms with E-state index in [9.17, 15) is 4.79 Å². The van der Waals surface area contributed by atoms with Crippen molar-refractivity contribution in [2.45, 2.75) is 18.4 Å². The third-order valence-electron chi connectivity index (χ3n) is 3.46. The fourth-order valence-corrected chi connectivity index (χ4v) is 2.83. The molecule has 0 bridgehead atoms. The quantitative estimate of drug-likeness (QED) is 0.535. The van der Waals surface area contributed by atoms with Crippen LogP contribution in [-0.2, 0) is 6.54 Å². The van der Waals surface area contributed by atoms with Gasteiger partial charge in [-0.1, -0.05) is 48.5 Å². The molecule has 0 atom stereocenters. The van der Waals surface area contributed by atoms with Gasteiger partial charge in [0.2, 0.25) is 0 Å². The van der Waals surface area contributed by atoms with E-state index in [0.29, 0.717) is 17.8 Å². The lowest BCUT2D eigenvalue weighted by Gasteiger charge is -2.05. The molecule has 24 heavy (non-hydrogen) atoms. The first-order chi connectivity index (χ1) is 11.7. The molecule has 0 unspecified atom stereocenters. The van der Waals surface area contributed by atoms with Crippen LogP contribution in [0.5, 0.6) is 0 Å². The van der Waals surface area contributed by atoms with Crippen LogP contribution in [0.25, 0.3) is 0 Å². The van der Waals surface area contributed by atoms with Crippen molar-refractivity contribution < 1.29 is 4.79 Å². The minimum atomic E-state index is -0.199. The molecule has 0 radical (unpaired) electrons. The van der Waals surface area contributed by atoms with Crippen LogP contribution in [0.3, 0.4) is 0 Å². The minimum absolute atomic E-state index is 0.199. The molecule has 2 aromatic carbocycles.